The summed E-state index contributed by atoms with van der Waals surface area (Å²) in [7, 11) is 0. The molecule has 0 aliphatic carbocycles. The molecule has 1 rings (SSSR count). The largest absolute Gasteiger partial charge is 0.392 e. The van der Waals surface area contributed by atoms with E-state index < -0.39 is 5.95 Å². The van der Waals surface area contributed by atoms with Gasteiger partial charge < -0.3 is 5.11 Å². The SMILES string of the molecule is OCc1cc(Br)cnc1F. The third-order valence-electron chi connectivity index (χ3n) is 1.05. The summed E-state index contributed by atoms with van der Waals surface area (Å²) in [5.41, 5.74) is 0.203. The molecule has 0 amide bonds. The zero-order valence-electron chi connectivity index (χ0n) is 5.01. The standard InChI is InChI=1S/C6H5BrFNO/c7-5-1-4(3-10)6(8)9-2-5/h1-2,10H,3H2. The Labute approximate surface area is 65.8 Å². The van der Waals surface area contributed by atoms with E-state index in [1.807, 2.05) is 0 Å². The molecule has 0 aliphatic rings. The summed E-state index contributed by atoms with van der Waals surface area (Å²) in [6, 6.07) is 1.49. The molecule has 0 saturated heterocycles. The van der Waals surface area contributed by atoms with Crippen molar-refractivity contribution in [3.8, 4) is 0 Å². The fourth-order valence-electron chi connectivity index (χ4n) is 0.575. The molecule has 1 aromatic rings. The molecule has 1 heterocycles. The van der Waals surface area contributed by atoms with Crippen LogP contribution in [-0.4, -0.2) is 10.1 Å². The first-order valence-corrected chi connectivity index (χ1v) is 3.44. The fraction of sp³-hybridized carbons (Fsp3) is 0.167. The van der Waals surface area contributed by atoms with E-state index in [0.29, 0.717) is 4.47 Å². The fourth-order valence-corrected chi connectivity index (χ4v) is 0.954. The summed E-state index contributed by atoms with van der Waals surface area (Å²) < 4.78 is 13.1. The van der Waals surface area contributed by atoms with Gasteiger partial charge in [0.2, 0.25) is 5.95 Å². The molecule has 0 atom stereocenters. The normalized spacial score (nSPS) is 9.90. The lowest BCUT2D eigenvalue weighted by Gasteiger charge is -1.96. The van der Waals surface area contributed by atoms with Crippen molar-refractivity contribution in [2.45, 2.75) is 6.61 Å². The van der Waals surface area contributed by atoms with Crippen molar-refractivity contribution in [1.29, 1.82) is 0 Å². The first-order chi connectivity index (χ1) is 4.74. The zero-order chi connectivity index (χ0) is 7.56. The maximum absolute atomic E-state index is 12.5. The molecule has 10 heavy (non-hydrogen) atoms. The highest BCUT2D eigenvalue weighted by Crippen LogP contribution is 2.12. The Hall–Kier alpha value is -0.480. The predicted molar refractivity (Wildman–Crippen MR) is 37.8 cm³/mol. The van der Waals surface area contributed by atoms with Crippen LogP contribution in [0.1, 0.15) is 5.56 Å². The van der Waals surface area contributed by atoms with Gasteiger partial charge in [0.25, 0.3) is 0 Å². The number of hydrogen-bond acceptors (Lipinski definition) is 2. The topological polar surface area (TPSA) is 33.1 Å². The molecule has 0 aromatic carbocycles. The van der Waals surface area contributed by atoms with Gasteiger partial charge in [-0.1, -0.05) is 0 Å². The van der Waals surface area contributed by atoms with E-state index in [-0.39, 0.29) is 12.2 Å². The quantitative estimate of drug-likeness (QED) is 0.705. The Morgan fingerprint density at radius 1 is 1.70 bits per heavy atom. The van der Waals surface area contributed by atoms with Gasteiger partial charge >= 0.3 is 0 Å². The molecule has 54 valence electrons. The molecule has 1 N–H and O–H groups in total. The molecule has 0 spiro atoms. The van der Waals surface area contributed by atoms with Crippen LogP contribution in [0.25, 0.3) is 0 Å². The lowest BCUT2D eigenvalue weighted by atomic mass is 10.3. The first-order valence-electron chi connectivity index (χ1n) is 2.65. The van der Waals surface area contributed by atoms with Crippen LogP contribution >= 0.6 is 15.9 Å². The summed E-state index contributed by atoms with van der Waals surface area (Å²) in [6.45, 7) is -0.321. The Balaban J connectivity index is 3.09. The molecule has 0 unspecified atom stereocenters. The molecule has 0 fully saturated rings. The van der Waals surface area contributed by atoms with Crippen molar-refractivity contribution in [2.75, 3.05) is 0 Å². The average molecular weight is 206 g/mol. The number of rotatable bonds is 1. The molecule has 1 aromatic heterocycles. The summed E-state index contributed by atoms with van der Waals surface area (Å²) in [5.74, 6) is -0.620. The number of hydrogen-bond donors (Lipinski definition) is 1. The molecular formula is C6H5BrFNO. The minimum atomic E-state index is -0.620. The van der Waals surface area contributed by atoms with Gasteiger partial charge in [0.15, 0.2) is 0 Å². The van der Waals surface area contributed by atoms with E-state index in [2.05, 4.69) is 20.9 Å². The highest BCUT2D eigenvalue weighted by molar-refractivity contribution is 9.10. The van der Waals surface area contributed by atoms with Gasteiger partial charge in [-0.2, -0.15) is 4.39 Å². The molecule has 0 saturated carbocycles. The van der Waals surface area contributed by atoms with E-state index in [4.69, 9.17) is 5.11 Å². The number of aromatic nitrogens is 1. The molecule has 0 radical (unpaired) electrons. The monoisotopic (exact) mass is 205 g/mol. The van der Waals surface area contributed by atoms with Crippen LogP contribution in [0.2, 0.25) is 0 Å². The Kier molecular flexibility index (Phi) is 2.34. The summed E-state index contributed by atoms with van der Waals surface area (Å²) in [5, 5.41) is 8.54. The van der Waals surface area contributed by atoms with E-state index in [9.17, 15) is 4.39 Å². The Morgan fingerprint density at radius 3 is 2.90 bits per heavy atom. The van der Waals surface area contributed by atoms with Crippen molar-refractivity contribution >= 4 is 15.9 Å². The number of aliphatic hydroxyl groups excluding tert-OH is 1. The minimum absolute atomic E-state index is 0.203. The van der Waals surface area contributed by atoms with Crippen molar-refractivity contribution in [3.63, 3.8) is 0 Å². The summed E-state index contributed by atoms with van der Waals surface area (Å²) >= 11 is 3.10. The molecular weight excluding hydrogens is 201 g/mol. The minimum Gasteiger partial charge on any atom is -0.392 e. The summed E-state index contributed by atoms with van der Waals surface area (Å²) in [6.07, 6.45) is 1.34. The van der Waals surface area contributed by atoms with E-state index in [0.717, 1.165) is 0 Å². The van der Waals surface area contributed by atoms with Crippen molar-refractivity contribution in [1.82, 2.24) is 4.98 Å². The van der Waals surface area contributed by atoms with Gasteiger partial charge in [-0.15, -0.1) is 0 Å². The number of pyridine rings is 1. The average Bonchev–Trinajstić information content (AvgIpc) is 1.94. The van der Waals surface area contributed by atoms with Gasteiger partial charge in [-0.3, -0.25) is 0 Å². The van der Waals surface area contributed by atoms with Crippen molar-refractivity contribution < 1.29 is 9.50 Å². The van der Waals surface area contributed by atoms with Gasteiger partial charge in [0, 0.05) is 16.2 Å². The van der Waals surface area contributed by atoms with Crippen LogP contribution in [0, 0.1) is 5.95 Å². The number of nitrogens with zero attached hydrogens (tertiary/aromatic N) is 1. The lowest BCUT2D eigenvalue weighted by Crippen LogP contribution is -1.92. The maximum Gasteiger partial charge on any atom is 0.218 e. The first kappa shape index (κ1) is 7.63. The highest BCUT2D eigenvalue weighted by atomic mass is 79.9. The third kappa shape index (κ3) is 1.52. The van der Waals surface area contributed by atoms with Crippen molar-refractivity contribution in [2.24, 2.45) is 0 Å². The predicted octanol–water partition coefficient (Wildman–Crippen LogP) is 1.48. The Morgan fingerprint density at radius 2 is 2.40 bits per heavy atom. The van der Waals surface area contributed by atoms with Crippen LogP contribution < -0.4 is 0 Å². The maximum atomic E-state index is 12.5. The van der Waals surface area contributed by atoms with Gasteiger partial charge in [0.1, 0.15) is 0 Å². The second kappa shape index (κ2) is 3.07. The van der Waals surface area contributed by atoms with Gasteiger partial charge in [-0.05, 0) is 22.0 Å². The van der Waals surface area contributed by atoms with Gasteiger partial charge in [0.05, 0.1) is 6.61 Å². The van der Waals surface area contributed by atoms with Crippen LogP contribution in [0.15, 0.2) is 16.7 Å². The van der Waals surface area contributed by atoms with Crippen LogP contribution in [0.5, 0.6) is 0 Å². The molecule has 2 nitrogen and oxygen atoms in total. The smallest absolute Gasteiger partial charge is 0.218 e. The van der Waals surface area contributed by atoms with E-state index in [1.165, 1.54) is 12.3 Å². The van der Waals surface area contributed by atoms with Gasteiger partial charge in [-0.25, -0.2) is 4.98 Å². The van der Waals surface area contributed by atoms with E-state index >= 15 is 0 Å². The van der Waals surface area contributed by atoms with Crippen LogP contribution in [0.3, 0.4) is 0 Å². The molecule has 0 aliphatic heterocycles. The number of aliphatic hydroxyl groups is 1. The lowest BCUT2D eigenvalue weighted by molar-refractivity contribution is 0.274. The molecule has 0 bridgehead atoms. The van der Waals surface area contributed by atoms with Crippen molar-refractivity contribution in [3.05, 3.63) is 28.2 Å². The zero-order valence-corrected chi connectivity index (χ0v) is 6.60. The molecule has 4 heteroatoms. The highest BCUT2D eigenvalue weighted by Gasteiger charge is 2.00. The third-order valence-corrected chi connectivity index (χ3v) is 1.48. The number of halogens is 2. The van der Waals surface area contributed by atoms with E-state index in [1.54, 1.807) is 0 Å². The van der Waals surface area contributed by atoms with Crippen LogP contribution in [-0.2, 0) is 6.61 Å². The van der Waals surface area contributed by atoms with Crippen LogP contribution in [0.4, 0.5) is 4.39 Å². The summed E-state index contributed by atoms with van der Waals surface area (Å²) in [4.78, 5) is 3.38. The Bertz CT molecular complexity index is 241. The second-order valence-electron chi connectivity index (χ2n) is 1.76. The second-order valence-corrected chi connectivity index (χ2v) is 2.68.